The van der Waals surface area contributed by atoms with E-state index in [1.54, 1.807) is 14.2 Å². The second-order valence-electron chi connectivity index (χ2n) is 11.3. The van der Waals surface area contributed by atoms with Gasteiger partial charge in [0.25, 0.3) is 11.1 Å². The molecule has 0 fully saturated rings. The van der Waals surface area contributed by atoms with Crippen molar-refractivity contribution in [3.8, 4) is 33.8 Å². The van der Waals surface area contributed by atoms with Gasteiger partial charge in [-0.1, -0.05) is 60.7 Å². The van der Waals surface area contributed by atoms with E-state index in [9.17, 15) is 9.59 Å². The van der Waals surface area contributed by atoms with Gasteiger partial charge in [0.05, 0.1) is 14.2 Å². The Balaban J connectivity index is 0.000000155. The summed E-state index contributed by atoms with van der Waals surface area (Å²) >= 11 is 0. The van der Waals surface area contributed by atoms with Gasteiger partial charge < -0.3 is 24.1 Å². The van der Waals surface area contributed by atoms with E-state index >= 15 is 0 Å². The molecule has 0 saturated carbocycles. The van der Waals surface area contributed by atoms with Crippen LogP contribution in [0.5, 0.6) is 11.5 Å². The lowest BCUT2D eigenvalue weighted by Gasteiger charge is -2.15. The van der Waals surface area contributed by atoms with Crippen molar-refractivity contribution in [2.75, 3.05) is 14.2 Å². The summed E-state index contributed by atoms with van der Waals surface area (Å²) < 4.78 is 14.6. The highest BCUT2D eigenvalue weighted by atomic mass is 16.5. The Bertz CT molecular complexity index is 1980. The summed E-state index contributed by atoms with van der Waals surface area (Å²) in [7, 11) is 3.31. The summed E-state index contributed by atoms with van der Waals surface area (Å²) in [6.07, 6.45) is 3.96. The second kappa shape index (κ2) is 12.5. The van der Waals surface area contributed by atoms with Crippen LogP contribution in [0.1, 0.15) is 24.2 Å². The van der Waals surface area contributed by atoms with Crippen LogP contribution < -0.4 is 20.6 Å². The molecule has 8 rings (SSSR count). The van der Waals surface area contributed by atoms with Crippen molar-refractivity contribution in [3.05, 3.63) is 129 Å². The number of hydrogen-bond acceptors (Lipinski definition) is 4. The lowest BCUT2D eigenvalue weighted by atomic mass is 9.96. The molecule has 0 saturated heterocycles. The summed E-state index contributed by atoms with van der Waals surface area (Å²) in [4.78, 5) is 25.5. The molecular formula is C38H36N2O5. The van der Waals surface area contributed by atoms with Crippen LogP contribution >= 0.6 is 0 Å². The number of nitrogens with zero attached hydrogens (tertiary/aromatic N) is 2. The topological polar surface area (TPSA) is 94.0 Å². The SMILES string of the molecule is COc1ccc2c(=O)n3c(c(-c4ccccc4)c2c1)CCC3.COc1ccc2c(=O)n3c(c(-c4ccccc4)c2c1)CCC3.O. The monoisotopic (exact) mass is 600 g/mol. The Morgan fingerprint density at radius 1 is 0.533 bits per heavy atom. The average Bonchev–Trinajstić information content (AvgIpc) is 3.77. The smallest absolute Gasteiger partial charge is 0.258 e. The van der Waals surface area contributed by atoms with E-state index in [1.807, 2.05) is 81.9 Å². The first-order valence-corrected chi connectivity index (χ1v) is 15.2. The van der Waals surface area contributed by atoms with Crippen LogP contribution in [-0.2, 0) is 25.9 Å². The average molecular weight is 601 g/mol. The zero-order valence-corrected chi connectivity index (χ0v) is 25.5. The van der Waals surface area contributed by atoms with Crippen molar-refractivity contribution < 1.29 is 14.9 Å². The minimum atomic E-state index is 0. The molecule has 6 aromatic rings. The molecule has 7 nitrogen and oxygen atoms in total. The number of aromatic nitrogens is 2. The van der Waals surface area contributed by atoms with E-state index in [0.717, 1.165) is 94.3 Å². The molecule has 2 N–H and O–H groups in total. The molecule has 228 valence electrons. The second-order valence-corrected chi connectivity index (χ2v) is 11.3. The van der Waals surface area contributed by atoms with Crippen LogP contribution in [0.4, 0.5) is 0 Å². The molecule has 0 unspecified atom stereocenters. The molecule has 0 amide bonds. The third-order valence-corrected chi connectivity index (χ3v) is 8.89. The van der Waals surface area contributed by atoms with Crippen LogP contribution in [0.25, 0.3) is 43.8 Å². The minimum absolute atomic E-state index is 0. The van der Waals surface area contributed by atoms with E-state index < -0.39 is 0 Å². The highest BCUT2D eigenvalue weighted by Gasteiger charge is 2.23. The first-order valence-electron chi connectivity index (χ1n) is 15.2. The van der Waals surface area contributed by atoms with Gasteiger partial charge >= 0.3 is 0 Å². The summed E-state index contributed by atoms with van der Waals surface area (Å²) in [5.74, 6) is 1.57. The van der Waals surface area contributed by atoms with Crippen LogP contribution in [-0.4, -0.2) is 28.8 Å². The van der Waals surface area contributed by atoms with Gasteiger partial charge in [-0.25, -0.2) is 0 Å². The number of methoxy groups -OCH3 is 2. The van der Waals surface area contributed by atoms with E-state index in [1.165, 1.54) is 11.1 Å². The third kappa shape index (κ3) is 5.19. The summed E-state index contributed by atoms with van der Waals surface area (Å²) in [6, 6.07) is 32.1. The fourth-order valence-electron chi connectivity index (χ4n) is 6.86. The van der Waals surface area contributed by atoms with E-state index in [4.69, 9.17) is 9.47 Å². The van der Waals surface area contributed by atoms with Crippen molar-refractivity contribution in [1.29, 1.82) is 0 Å². The number of hydrogen-bond donors (Lipinski definition) is 0. The van der Waals surface area contributed by atoms with Crippen LogP contribution in [0.2, 0.25) is 0 Å². The van der Waals surface area contributed by atoms with Gasteiger partial charge in [-0.05, 0) is 73.2 Å². The van der Waals surface area contributed by atoms with Gasteiger partial charge in [0.2, 0.25) is 0 Å². The molecule has 0 radical (unpaired) electrons. The standard InChI is InChI=1S/2C19H17NO2.H2O/c2*1-22-14-9-10-15-16(12-14)18(13-6-3-2-4-7-13)17-8-5-11-20(17)19(15)21;/h2*2-4,6-7,9-10,12H,5,8,11H2,1H3;1H2. The molecule has 0 atom stereocenters. The molecule has 4 aromatic carbocycles. The normalized spacial score (nSPS) is 13.0. The number of benzene rings is 4. The first kappa shape index (κ1) is 29.9. The van der Waals surface area contributed by atoms with Crippen molar-refractivity contribution in [2.24, 2.45) is 0 Å². The molecular weight excluding hydrogens is 564 g/mol. The van der Waals surface area contributed by atoms with Crippen LogP contribution in [0.15, 0.2) is 107 Å². The van der Waals surface area contributed by atoms with Gasteiger partial charge in [0.1, 0.15) is 11.5 Å². The maximum absolute atomic E-state index is 12.7. The Kier molecular flexibility index (Phi) is 8.28. The Hall–Kier alpha value is -5.14. The minimum Gasteiger partial charge on any atom is -0.497 e. The zero-order chi connectivity index (χ0) is 30.2. The molecule has 7 heteroatoms. The summed E-state index contributed by atoms with van der Waals surface area (Å²) in [5, 5.41) is 3.52. The Morgan fingerprint density at radius 3 is 1.31 bits per heavy atom. The van der Waals surface area contributed by atoms with Crippen LogP contribution in [0.3, 0.4) is 0 Å². The maximum atomic E-state index is 12.7. The fourth-order valence-corrected chi connectivity index (χ4v) is 6.86. The summed E-state index contributed by atoms with van der Waals surface area (Å²) in [6.45, 7) is 1.63. The molecule has 45 heavy (non-hydrogen) atoms. The van der Waals surface area contributed by atoms with Gasteiger partial charge in [0, 0.05) is 57.1 Å². The maximum Gasteiger partial charge on any atom is 0.258 e. The van der Waals surface area contributed by atoms with Gasteiger partial charge in [-0.3, -0.25) is 9.59 Å². The van der Waals surface area contributed by atoms with E-state index in [-0.39, 0.29) is 16.6 Å². The number of ether oxygens (including phenoxy) is 2. The first-order chi connectivity index (χ1) is 21.6. The lowest BCUT2D eigenvalue weighted by molar-refractivity contribution is 0.415. The van der Waals surface area contributed by atoms with E-state index in [2.05, 4.69) is 24.3 Å². The fraction of sp³-hybridized carbons (Fsp3) is 0.211. The van der Waals surface area contributed by atoms with Crippen molar-refractivity contribution in [1.82, 2.24) is 9.13 Å². The van der Waals surface area contributed by atoms with Crippen LogP contribution in [0, 0.1) is 0 Å². The number of pyridine rings is 2. The van der Waals surface area contributed by atoms with Crippen molar-refractivity contribution in [2.45, 2.75) is 38.8 Å². The highest BCUT2D eigenvalue weighted by molar-refractivity contribution is 5.99. The van der Waals surface area contributed by atoms with Gasteiger partial charge in [-0.15, -0.1) is 0 Å². The van der Waals surface area contributed by atoms with E-state index in [0.29, 0.717) is 0 Å². The molecule has 0 spiro atoms. The molecule has 0 aliphatic carbocycles. The molecule has 2 aliphatic rings. The predicted molar refractivity (Wildman–Crippen MR) is 181 cm³/mol. The van der Waals surface area contributed by atoms with Gasteiger partial charge in [0.15, 0.2) is 0 Å². The van der Waals surface area contributed by atoms with Gasteiger partial charge in [-0.2, -0.15) is 0 Å². The Labute approximate surface area is 261 Å². The highest BCUT2D eigenvalue weighted by Crippen LogP contribution is 2.36. The summed E-state index contributed by atoms with van der Waals surface area (Å²) in [5.41, 5.74) is 7.19. The zero-order valence-electron chi connectivity index (χ0n) is 25.5. The Morgan fingerprint density at radius 2 is 0.933 bits per heavy atom. The largest absolute Gasteiger partial charge is 0.497 e. The number of fused-ring (bicyclic) bond motifs is 4. The third-order valence-electron chi connectivity index (χ3n) is 8.89. The predicted octanol–water partition coefficient (Wildman–Crippen LogP) is 6.42. The molecule has 4 heterocycles. The van der Waals surface area contributed by atoms with Crippen molar-refractivity contribution >= 4 is 21.5 Å². The lowest BCUT2D eigenvalue weighted by Crippen LogP contribution is -2.20. The molecule has 0 bridgehead atoms. The number of rotatable bonds is 4. The van der Waals surface area contributed by atoms with Crippen molar-refractivity contribution in [3.63, 3.8) is 0 Å². The molecule has 2 aliphatic heterocycles. The molecule has 2 aromatic heterocycles. The quantitative estimate of drug-likeness (QED) is 0.233.